The first kappa shape index (κ1) is 6.84. The maximum Gasteiger partial charge on any atom is 0.167 e. The van der Waals surface area contributed by atoms with Gasteiger partial charge in [-0.25, -0.2) is 0 Å². The second kappa shape index (κ2) is 2.07. The number of aromatic nitrogens is 1. The summed E-state index contributed by atoms with van der Waals surface area (Å²) in [5, 5.41) is 28.1. The molecule has 0 atom stereocenters. The Morgan fingerprint density at radius 1 is 1.08 bits per heavy atom. The van der Waals surface area contributed by atoms with Gasteiger partial charge in [-0.15, -0.1) is 0 Å². The van der Waals surface area contributed by atoms with Crippen LogP contribution in [0.4, 0.5) is 0 Å². The van der Waals surface area contributed by atoms with Crippen molar-refractivity contribution >= 4 is 10.9 Å². The van der Waals surface area contributed by atoms with E-state index in [-0.39, 0.29) is 17.2 Å². The molecule has 0 bridgehead atoms. The van der Waals surface area contributed by atoms with Gasteiger partial charge < -0.3 is 20.3 Å². The van der Waals surface area contributed by atoms with Gasteiger partial charge in [0.05, 0.1) is 5.52 Å². The van der Waals surface area contributed by atoms with Gasteiger partial charge >= 0.3 is 0 Å². The Morgan fingerprint density at radius 2 is 1.83 bits per heavy atom. The fourth-order valence-corrected chi connectivity index (χ4v) is 1.19. The largest absolute Gasteiger partial charge is 0.506 e. The van der Waals surface area contributed by atoms with Gasteiger partial charge in [0.15, 0.2) is 11.5 Å². The Kier molecular flexibility index (Phi) is 1.18. The number of hydrogen-bond acceptors (Lipinski definition) is 3. The first-order chi connectivity index (χ1) is 5.70. The molecule has 0 aliphatic carbocycles. The van der Waals surface area contributed by atoms with Gasteiger partial charge in [0, 0.05) is 17.6 Å². The van der Waals surface area contributed by atoms with Gasteiger partial charge in [-0.2, -0.15) is 0 Å². The third kappa shape index (κ3) is 0.717. The van der Waals surface area contributed by atoms with Crippen LogP contribution in [-0.4, -0.2) is 20.3 Å². The summed E-state index contributed by atoms with van der Waals surface area (Å²) in [4.78, 5) is 2.73. The van der Waals surface area contributed by atoms with Gasteiger partial charge in [-0.3, -0.25) is 0 Å². The van der Waals surface area contributed by atoms with E-state index in [4.69, 9.17) is 5.11 Å². The third-order valence-electron chi connectivity index (χ3n) is 1.77. The Morgan fingerprint density at radius 3 is 2.58 bits per heavy atom. The standard InChI is InChI=1S/C8H7NO3/c10-5-3-6(11)8(12)4-1-2-9-7(4)5/h1-3,9-12H. The number of hydrogen-bond donors (Lipinski definition) is 4. The number of phenols is 3. The van der Waals surface area contributed by atoms with Crippen molar-refractivity contribution in [1.29, 1.82) is 0 Å². The first-order valence-electron chi connectivity index (χ1n) is 3.41. The van der Waals surface area contributed by atoms with Crippen molar-refractivity contribution in [3.05, 3.63) is 18.3 Å². The molecule has 2 aromatic rings. The lowest BCUT2D eigenvalue weighted by Gasteiger charge is -2.00. The Bertz CT molecular complexity index is 433. The molecule has 0 aliphatic rings. The van der Waals surface area contributed by atoms with Crippen molar-refractivity contribution in [3.63, 3.8) is 0 Å². The number of phenolic OH excluding ortho intramolecular Hbond substituents is 3. The summed E-state index contributed by atoms with van der Waals surface area (Å²) in [6.45, 7) is 0. The smallest absolute Gasteiger partial charge is 0.167 e. The maximum absolute atomic E-state index is 9.29. The summed E-state index contributed by atoms with van der Waals surface area (Å²) in [7, 11) is 0. The van der Waals surface area contributed by atoms with Crippen molar-refractivity contribution in [2.45, 2.75) is 0 Å². The third-order valence-corrected chi connectivity index (χ3v) is 1.77. The molecule has 12 heavy (non-hydrogen) atoms. The summed E-state index contributed by atoms with van der Waals surface area (Å²) in [5.74, 6) is -0.617. The molecule has 62 valence electrons. The monoisotopic (exact) mass is 165 g/mol. The van der Waals surface area contributed by atoms with Crippen LogP contribution in [0.1, 0.15) is 0 Å². The SMILES string of the molecule is Oc1cc(O)c2[nH]ccc2c1O. The van der Waals surface area contributed by atoms with Crippen molar-refractivity contribution in [3.8, 4) is 17.2 Å². The predicted molar refractivity (Wildman–Crippen MR) is 43.3 cm³/mol. The van der Waals surface area contributed by atoms with E-state index in [0.717, 1.165) is 6.07 Å². The van der Waals surface area contributed by atoms with Crippen LogP contribution in [0.25, 0.3) is 10.9 Å². The topological polar surface area (TPSA) is 76.5 Å². The highest BCUT2D eigenvalue weighted by Gasteiger charge is 2.09. The zero-order valence-electron chi connectivity index (χ0n) is 6.07. The molecule has 0 radical (unpaired) electrons. The number of nitrogens with one attached hydrogen (secondary N) is 1. The second-order valence-corrected chi connectivity index (χ2v) is 2.53. The Labute approximate surface area is 67.7 Å². The van der Waals surface area contributed by atoms with Crippen LogP contribution in [0.5, 0.6) is 17.2 Å². The van der Waals surface area contributed by atoms with E-state index < -0.39 is 0 Å². The minimum absolute atomic E-state index is 0.0784. The lowest BCUT2D eigenvalue weighted by molar-refractivity contribution is 0.402. The quantitative estimate of drug-likeness (QED) is 0.351. The molecule has 0 aliphatic heterocycles. The van der Waals surface area contributed by atoms with Gasteiger partial charge in [0.1, 0.15) is 5.75 Å². The van der Waals surface area contributed by atoms with Gasteiger partial charge in [0.25, 0.3) is 0 Å². The Balaban J connectivity index is 2.97. The van der Waals surface area contributed by atoms with Crippen LogP contribution in [-0.2, 0) is 0 Å². The van der Waals surface area contributed by atoms with E-state index in [9.17, 15) is 10.2 Å². The highest BCUT2D eigenvalue weighted by Crippen LogP contribution is 2.38. The molecule has 0 saturated carbocycles. The van der Waals surface area contributed by atoms with Gasteiger partial charge in [-0.1, -0.05) is 0 Å². The van der Waals surface area contributed by atoms with E-state index in [0.29, 0.717) is 10.9 Å². The molecule has 1 aromatic heterocycles. The molecule has 1 heterocycles. The molecule has 0 unspecified atom stereocenters. The van der Waals surface area contributed by atoms with Crippen LogP contribution in [0.2, 0.25) is 0 Å². The van der Waals surface area contributed by atoms with Crippen LogP contribution < -0.4 is 0 Å². The highest BCUT2D eigenvalue weighted by atomic mass is 16.3. The van der Waals surface area contributed by atoms with Gasteiger partial charge in [-0.05, 0) is 6.07 Å². The molecule has 4 N–H and O–H groups in total. The molecule has 0 spiro atoms. The minimum atomic E-state index is -0.320. The fourth-order valence-electron chi connectivity index (χ4n) is 1.19. The lowest BCUT2D eigenvalue weighted by Crippen LogP contribution is -1.73. The molecule has 1 aromatic carbocycles. The molecular weight excluding hydrogens is 158 g/mol. The summed E-state index contributed by atoms with van der Waals surface area (Å²) in [6, 6.07) is 2.66. The molecular formula is C8H7NO3. The average Bonchev–Trinajstić information content (AvgIpc) is 2.48. The normalized spacial score (nSPS) is 10.7. The molecule has 4 nitrogen and oxygen atoms in total. The number of benzene rings is 1. The Hall–Kier alpha value is -1.84. The maximum atomic E-state index is 9.29. The molecule has 0 fully saturated rings. The zero-order chi connectivity index (χ0) is 8.72. The summed E-state index contributed by atoms with van der Waals surface area (Å²) in [5.41, 5.74) is 0.422. The molecule has 4 heteroatoms. The van der Waals surface area contributed by atoms with Gasteiger partial charge in [0.2, 0.25) is 0 Å². The van der Waals surface area contributed by atoms with Crippen LogP contribution in [0, 0.1) is 0 Å². The van der Waals surface area contributed by atoms with Crippen LogP contribution in [0.3, 0.4) is 0 Å². The van der Waals surface area contributed by atoms with E-state index in [2.05, 4.69) is 4.98 Å². The zero-order valence-corrected chi connectivity index (χ0v) is 6.07. The van der Waals surface area contributed by atoms with Crippen molar-refractivity contribution in [2.24, 2.45) is 0 Å². The lowest BCUT2D eigenvalue weighted by atomic mass is 10.2. The summed E-state index contributed by atoms with van der Waals surface area (Å²) in [6.07, 6.45) is 1.57. The number of aromatic amines is 1. The summed E-state index contributed by atoms with van der Waals surface area (Å²) >= 11 is 0. The minimum Gasteiger partial charge on any atom is -0.506 e. The van der Waals surface area contributed by atoms with E-state index in [1.54, 1.807) is 12.3 Å². The highest BCUT2D eigenvalue weighted by molar-refractivity contribution is 5.92. The second-order valence-electron chi connectivity index (χ2n) is 2.53. The van der Waals surface area contributed by atoms with Crippen molar-refractivity contribution in [2.75, 3.05) is 0 Å². The number of aromatic hydroxyl groups is 3. The number of H-pyrrole nitrogens is 1. The predicted octanol–water partition coefficient (Wildman–Crippen LogP) is 1.28. The van der Waals surface area contributed by atoms with E-state index in [1.165, 1.54) is 0 Å². The molecule has 2 rings (SSSR count). The summed E-state index contributed by atoms with van der Waals surface area (Å²) < 4.78 is 0. The number of rotatable bonds is 0. The first-order valence-corrected chi connectivity index (χ1v) is 3.41. The van der Waals surface area contributed by atoms with Crippen LogP contribution >= 0.6 is 0 Å². The van der Waals surface area contributed by atoms with E-state index in [1.807, 2.05) is 0 Å². The van der Waals surface area contributed by atoms with Crippen molar-refractivity contribution in [1.82, 2.24) is 4.98 Å². The number of fused-ring (bicyclic) bond motifs is 1. The van der Waals surface area contributed by atoms with E-state index >= 15 is 0 Å². The molecule has 0 amide bonds. The average molecular weight is 165 g/mol. The van der Waals surface area contributed by atoms with Crippen molar-refractivity contribution < 1.29 is 15.3 Å². The van der Waals surface area contributed by atoms with Crippen LogP contribution in [0.15, 0.2) is 18.3 Å². The fraction of sp³-hybridized carbons (Fsp3) is 0. The molecule has 0 saturated heterocycles.